The third-order valence-corrected chi connectivity index (χ3v) is 2.55. The Balaban J connectivity index is 2.71. The largest absolute Gasteiger partial charge is 0.394 e. The molecule has 5 unspecified atom stereocenters. The van der Waals surface area contributed by atoms with E-state index in [2.05, 4.69) is 10.6 Å². The Morgan fingerprint density at radius 1 is 1.14 bits per heavy atom. The quantitative estimate of drug-likeness (QED) is 0.343. The zero-order chi connectivity index (χ0) is 10.7. The van der Waals surface area contributed by atoms with Crippen LogP contribution in [-0.4, -0.2) is 66.6 Å². The van der Waals surface area contributed by atoms with Gasteiger partial charge in [-0.1, -0.05) is 0 Å². The van der Waals surface area contributed by atoms with E-state index in [1.165, 1.54) is 0 Å². The van der Waals surface area contributed by atoms with Gasteiger partial charge in [0, 0.05) is 0 Å². The summed E-state index contributed by atoms with van der Waals surface area (Å²) in [5.41, 5.74) is 0. The van der Waals surface area contributed by atoms with Crippen LogP contribution in [0, 0.1) is 0 Å². The van der Waals surface area contributed by atoms with Crippen LogP contribution in [0.3, 0.4) is 0 Å². The van der Waals surface area contributed by atoms with Crippen molar-refractivity contribution >= 4 is 0 Å². The maximum Gasteiger partial charge on any atom is 0.137 e. The SMILES string of the molecule is CNC1OC(CO)C(NC)C(O)C1O. The van der Waals surface area contributed by atoms with Crippen LogP contribution in [0.4, 0.5) is 0 Å². The Kier molecular flexibility index (Phi) is 4.24. The van der Waals surface area contributed by atoms with E-state index in [0.29, 0.717) is 0 Å². The number of hydrogen-bond acceptors (Lipinski definition) is 6. The molecule has 0 saturated carbocycles. The van der Waals surface area contributed by atoms with Gasteiger partial charge < -0.3 is 25.4 Å². The summed E-state index contributed by atoms with van der Waals surface area (Å²) in [6.45, 7) is -0.201. The zero-order valence-electron chi connectivity index (χ0n) is 8.34. The summed E-state index contributed by atoms with van der Waals surface area (Å²) >= 11 is 0. The molecular weight excluding hydrogens is 188 g/mol. The van der Waals surface area contributed by atoms with Crippen molar-refractivity contribution in [1.29, 1.82) is 0 Å². The molecule has 6 heteroatoms. The van der Waals surface area contributed by atoms with Crippen LogP contribution in [0.25, 0.3) is 0 Å². The number of ether oxygens (including phenoxy) is 1. The van der Waals surface area contributed by atoms with Gasteiger partial charge in [-0.05, 0) is 14.1 Å². The molecule has 1 aliphatic rings. The van der Waals surface area contributed by atoms with Crippen LogP contribution in [-0.2, 0) is 4.74 Å². The van der Waals surface area contributed by atoms with E-state index in [0.717, 1.165) is 0 Å². The molecule has 1 fully saturated rings. The molecule has 1 rings (SSSR count). The van der Waals surface area contributed by atoms with E-state index in [1.807, 2.05) is 0 Å². The highest BCUT2D eigenvalue weighted by Crippen LogP contribution is 2.19. The van der Waals surface area contributed by atoms with Crippen molar-refractivity contribution in [3.63, 3.8) is 0 Å². The van der Waals surface area contributed by atoms with Crippen LogP contribution >= 0.6 is 0 Å². The molecule has 0 aromatic heterocycles. The van der Waals surface area contributed by atoms with Crippen molar-refractivity contribution in [3.05, 3.63) is 0 Å². The highest BCUT2D eigenvalue weighted by molar-refractivity contribution is 4.94. The lowest BCUT2D eigenvalue weighted by Gasteiger charge is -2.42. The maximum atomic E-state index is 9.70. The van der Waals surface area contributed by atoms with E-state index >= 15 is 0 Å². The van der Waals surface area contributed by atoms with Crippen LogP contribution in [0.5, 0.6) is 0 Å². The van der Waals surface area contributed by atoms with Crippen LogP contribution in [0.1, 0.15) is 0 Å². The first-order valence-electron chi connectivity index (χ1n) is 4.62. The summed E-state index contributed by atoms with van der Waals surface area (Å²) in [5, 5.41) is 33.8. The molecule has 1 heterocycles. The number of rotatable bonds is 3. The van der Waals surface area contributed by atoms with E-state index in [9.17, 15) is 10.2 Å². The van der Waals surface area contributed by atoms with Gasteiger partial charge in [0.25, 0.3) is 0 Å². The van der Waals surface area contributed by atoms with Crippen molar-refractivity contribution in [3.8, 4) is 0 Å². The molecule has 5 atom stereocenters. The van der Waals surface area contributed by atoms with Gasteiger partial charge >= 0.3 is 0 Å². The summed E-state index contributed by atoms with van der Waals surface area (Å²) < 4.78 is 5.34. The minimum absolute atomic E-state index is 0.201. The first kappa shape index (κ1) is 11.8. The Labute approximate surface area is 82.9 Å². The van der Waals surface area contributed by atoms with Crippen molar-refractivity contribution < 1.29 is 20.1 Å². The average molecular weight is 206 g/mol. The molecule has 0 spiro atoms. The number of nitrogens with one attached hydrogen (secondary N) is 2. The smallest absolute Gasteiger partial charge is 0.137 e. The highest BCUT2D eigenvalue weighted by Gasteiger charge is 2.42. The number of likely N-dealkylation sites (N-methyl/N-ethyl adjacent to an activating group) is 2. The van der Waals surface area contributed by atoms with Gasteiger partial charge in [0.2, 0.25) is 0 Å². The number of aliphatic hydroxyl groups excluding tert-OH is 3. The van der Waals surface area contributed by atoms with Gasteiger partial charge in [-0.3, -0.25) is 5.32 Å². The summed E-state index contributed by atoms with van der Waals surface area (Å²) in [6.07, 6.45) is -3.12. The predicted molar refractivity (Wildman–Crippen MR) is 49.7 cm³/mol. The molecule has 0 aromatic carbocycles. The standard InChI is InChI=1S/C8H18N2O4/c1-9-5-4(3-11)14-8(10-2)7(13)6(5)12/h4-13H,3H2,1-2H3. The maximum absolute atomic E-state index is 9.70. The molecule has 0 bridgehead atoms. The molecule has 5 N–H and O–H groups in total. The summed E-state index contributed by atoms with van der Waals surface area (Å²) in [5.74, 6) is 0. The lowest BCUT2D eigenvalue weighted by molar-refractivity contribution is -0.199. The van der Waals surface area contributed by atoms with Gasteiger partial charge in [-0.2, -0.15) is 0 Å². The van der Waals surface area contributed by atoms with Crippen molar-refractivity contribution in [2.24, 2.45) is 0 Å². The van der Waals surface area contributed by atoms with Gasteiger partial charge in [-0.15, -0.1) is 0 Å². The molecular formula is C8H18N2O4. The molecule has 84 valence electrons. The zero-order valence-corrected chi connectivity index (χ0v) is 8.34. The van der Waals surface area contributed by atoms with Crippen molar-refractivity contribution in [2.75, 3.05) is 20.7 Å². The van der Waals surface area contributed by atoms with Crippen molar-refractivity contribution in [1.82, 2.24) is 10.6 Å². The second kappa shape index (κ2) is 5.01. The first-order valence-corrected chi connectivity index (χ1v) is 4.62. The van der Waals surface area contributed by atoms with E-state index in [1.54, 1.807) is 14.1 Å². The molecule has 6 nitrogen and oxygen atoms in total. The molecule has 0 radical (unpaired) electrons. The van der Waals surface area contributed by atoms with Crippen LogP contribution < -0.4 is 10.6 Å². The van der Waals surface area contributed by atoms with E-state index in [-0.39, 0.29) is 6.61 Å². The fraction of sp³-hybridized carbons (Fsp3) is 1.00. The van der Waals surface area contributed by atoms with Crippen molar-refractivity contribution in [2.45, 2.75) is 30.6 Å². The number of hydrogen-bond donors (Lipinski definition) is 5. The second-order valence-corrected chi connectivity index (χ2v) is 3.36. The molecule has 0 aromatic rings. The Hall–Kier alpha value is -0.240. The Morgan fingerprint density at radius 3 is 2.21 bits per heavy atom. The van der Waals surface area contributed by atoms with Crippen LogP contribution in [0.2, 0.25) is 0 Å². The minimum atomic E-state index is -1.000. The van der Waals surface area contributed by atoms with E-state index in [4.69, 9.17) is 9.84 Å². The predicted octanol–water partition coefficient (Wildman–Crippen LogP) is -2.77. The Morgan fingerprint density at radius 2 is 1.79 bits per heavy atom. The minimum Gasteiger partial charge on any atom is -0.394 e. The van der Waals surface area contributed by atoms with Gasteiger partial charge in [0.05, 0.1) is 12.6 Å². The third kappa shape index (κ3) is 2.05. The monoisotopic (exact) mass is 206 g/mol. The summed E-state index contributed by atoms with van der Waals surface area (Å²) in [4.78, 5) is 0. The topological polar surface area (TPSA) is 94.0 Å². The van der Waals surface area contributed by atoms with Gasteiger partial charge in [-0.25, -0.2) is 0 Å². The van der Waals surface area contributed by atoms with Crippen LogP contribution in [0.15, 0.2) is 0 Å². The lowest BCUT2D eigenvalue weighted by Crippen LogP contribution is -2.65. The fourth-order valence-corrected chi connectivity index (χ4v) is 1.72. The van der Waals surface area contributed by atoms with Gasteiger partial charge in [0.1, 0.15) is 24.5 Å². The lowest BCUT2D eigenvalue weighted by atomic mass is 9.96. The van der Waals surface area contributed by atoms with Gasteiger partial charge in [0.15, 0.2) is 0 Å². The molecule has 0 aliphatic carbocycles. The first-order chi connectivity index (χ1) is 6.65. The van der Waals surface area contributed by atoms with E-state index < -0.39 is 30.6 Å². The third-order valence-electron chi connectivity index (χ3n) is 2.55. The molecule has 0 amide bonds. The normalized spacial score (nSPS) is 43.9. The molecule has 1 aliphatic heterocycles. The summed E-state index contributed by atoms with van der Waals surface area (Å²) in [6, 6.07) is -0.459. The Bertz CT molecular complexity index is 179. The fourth-order valence-electron chi connectivity index (χ4n) is 1.72. The number of aliphatic hydroxyl groups is 3. The molecule has 14 heavy (non-hydrogen) atoms. The second-order valence-electron chi connectivity index (χ2n) is 3.36. The summed E-state index contributed by atoms with van der Waals surface area (Å²) in [7, 11) is 3.26. The average Bonchev–Trinajstić information content (AvgIpc) is 2.21. The highest BCUT2D eigenvalue weighted by atomic mass is 16.5. The molecule has 1 saturated heterocycles.